The first-order chi connectivity index (χ1) is 17.3. The molecule has 1 aliphatic heterocycles. The maximum Gasteiger partial charge on any atom is 0.433 e. The van der Waals surface area contributed by atoms with Crippen molar-refractivity contribution in [1.82, 2.24) is 9.55 Å². The normalized spacial score (nSPS) is 16.1. The van der Waals surface area contributed by atoms with Crippen LogP contribution in [0.1, 0.15) is 62.0 Å². The molecule has 0 unspecified atom stereocenters. The number of aromatic nitrogens is 2. The minimum Gasteiger partial charge on any atom is -0.443 e. The molecule has 1 aromatic carbocycles. The average Bonchev–Trinajstić information content (AvgIpc) is 3.57. The van der Waals surface area contributed by atoms with Gasteiger partial charge >= 0.3 is 12.3 Å². The van der Waals surface area contributed by atoms with E-state index in [4.69, 9.17) is 4.74 Å². The highest BCUT2D eigenvalue weighted by Crippen LogP contribution is 2.46. The van der Waals surface area contributed by atoms with Gasteiger partial charge in [-0.3, -0.25) is 0 Å². The van der Waals surface area contributed by atoms with Gasteiger partial charge in [-0.25, -0.2) is 23.1 Å². The fourth-order valence-corrected chi connectivity index (χ4v) is 4.79. The Balaban J connectivity index is 1.58. The summed E-state index contributed by atoms with van der Waals surface area (Å²) in [7, 11) is 0. The SMILES string of the molecule is CC(C)(C)OC(=O)n1c(-c2c(F)cccc2F)cc2c1CCN(c1cnc(C(F)(F)F)cc1C1CC1)C2. The first-order valence-electron chi connectivity index (χ1n) is 12.1. The monoisotopic (exact) mass is 519 g/mol. The van der Waals surface area contributed by atoms with Crippen LogP contribution < -0.4 is 4.90 Å². The van der Waals surface area contributed by atoms with E-state index in [2.05, 4.69) is 4.98 Å². The van der Waals surface area contributed by atoms with Gasteiger partial charge in [-0.1, -0.05) is 6.07 Å². The quantitative estimate of drug-likeness (QED) is 0.347. The van der Waals surface area contributed by atoms with Crippen LogP contribution in [-0.4, -0.2) is 27.8 Å². The van der Waals surface area contributed by atoms with Gasteiger partial charge in [-0.05, 0) is 74.9 Å². The van der Waals surface area contributed by atoms with Crippen molar-refractivity contribution in [2.45, 2.75) is 64.3 Å². The van der Waals surface area contributed by atoms with Crippen molar-refractivity contribution in [3.63, 3.8) is 0 Å². The standard InChI is InChI=1S/C27H26F5N3O2/c1-26(2,3)37-25(36)35-20-9-10-34(14-16(20)11-21(35)24-18(28)5-4-6-19(24)29)22-13-33-23(27(30,31)32)12-17(22)15-7-8-15/h4-6,11-13,15H,7-10,14H2,1-3H3. The number of nitrogens with zero attached hydrogens (tertiary/aromatic N) is 3. The number of pyridine rings is 1. The number of ether oxygens (including phenoxy) is 1. The number of fused-ring (bicyclic) bond motifs is 1. The highest BCUT2D eigenvalue weighted by atomic mass is 19.4. The Morgan fingerprint density at radius 1 is 1.08 bits per heavy atom. The van der Waals surface area contributed by atoms with Crippen molar-refractivity contribution >= 4 is 11.8 Å². The first kappa shape index (κ1) is 25.2. The van der Waals surface area contributed by atoms with Gasteiger partial charge in [0.05, 0.1) is 23.1 Å². The van der Waals surface area contributed by atoms with Crippen molar-refractivity contribution in [1.29, 1.82) is 0 Å². The zero-order valence-corrected chi connectivity index (χ0v) is 20.6. The van der Waals surface area contributed by atoms with Crippen LogP contribution in [0.4, 0.5) is 32.4 Å². The molecular weight excluding hydrogens is 493 g/mol. The third-order valence-electron chi connectivity index (χ3n) is 6.53. The lowest BCUT2D eigenvalue weighted by Gasteiger charge is -2.31. The smallest absolute Gasteiger partial charge is 0.433 e. The summed E-state index contributed by atoms with van der Waals surface area (Å²) in [6.07, 6.45) is -2.12. The van der Waals surface area contributed by atoms with Gasteiger partial charge in [0.2, 0.25) is 0 Å². The molecule has 1 saturated carbocycles. The third-order valence-corrected chi connectivity index (χ3v) is 6.53. The van der Waals surface area contributed by atoms with E-state index < -0.39 is 35.2 Å². The number of halogens is 5. The molecule has 0 spiro atoms. The van der Waals surface area contributed by atoms with Crippen molar-refractivity contribution < 1.29 is 31.5 Å². The van der Waals surface area contributed by atoms with E-state index >= 15 is 0 Å². The van der Waals surface area contributed by atoms with Crippen LogP contribution in [0, 0.1) is 11.6 Å². The predicted octanol–water partition coefficient (Wildman–Crippen LogP) is 7.07. The molecular formula is C27H26F5N3O2. The summed E-state index contributed by atoms with van der Waals surface area (Å²) in [4.78, 5) is 18.8. The number of benzene rings is 1. The molecule has 196 valence electrons. The lowest BCUT2D eigenvalue weighted by Crippen LogP contribution is -2.34. The molecule has 0 N–H and O–H groups in total. The van der Waals surface area contributed by atoms with E-state index in [1.807, 2.05) is 4.90 Å². The van der Waals surface area contributed by atoms with Gasteiger partial charge in [0.1, 0.15) is 22.9 Å². The largest absolute Gasteiger partial charge is 0.443 e. The minimum atomic E-state index is -4.54. The van der Waals surface area contributed by atoms with E-state index in [-0.39, 0.29) is 23.7 Å². The second-order valence-corrected chi connectivity index (χ2v) is 10.5. The molecule has 1 aliphatic carbocycles. The topological polar surface area (TPSA) is 47.4 Å². The Morgan fingerprint density at radius 2 is 1.76 bits per heavy atom. The second-order valence-electron chi connectivity index (χ2n) is 10.5. The van der Waals surface area contributed by atoms with Gasteiger partial charge in [-0.2, -0.15) is 13.2 Å². The molecule has 10 heteroatoms. The van der Waals surface area contributed by atoms with Crippen LogP contribution in [-0.2, 0) is 23.9 Å². The fourth-order valence-electron chi connectivity index (χ4n) is 4.79. The van der Waals surface area contributed by atoms with Gasteiger partial charge in [0.25, 0.3) is 0 Å². The zero-order valence-electron chi connectivity index (χ0n) is 20.6. The van der Waals surface area contributed by atoms with E-state index in [1.54, 1.807) is 26.8 Å². The summed E-state index contributed by atoms with van der Waals surface area (Å²) in [5, 5.41) is 0. The third kappa shape index (κ3) is 4.93. The molecule has 3 aromatic rings. The molecule has 0 bridgehead atoms. The van der Waals surface area contributed by atoms with Gasteiger partial charge < -0.3 is 9.64 Å². The molecule has 0 amide bonds. The van der Waals surface area contributed by atoms with Crippen LogP contribution in [0.15, 0.2) is 36.5 Å². The molecule has 37 heavy (non-hydrogen) atoms. The maximum atomic E-state index is 14.8. The summed E-state index contributed by atoms with van der Waals surface area (Å²) in [6.45, 7) is 5.71. The van der Waals surface area contributed by atoms with E-state index in [9.17, 15) is 26.7 Å². The predicted molar refractivity (Wildman–Crippen MR) is 127 cm³/mol. The summed E-state index contributed by atoms with van der Waals surface area (Å²) in [6, 6.07) is 6.15. The van der Waals surface area contributed by atoms with E-state index in [1.165, 1.54) is 16.8 Å². The van der Waals surface area contributed by atoms with Crippen molar-refractivity contribution in [2.24, 2.45) is 0 Å². The van der Waals surface area contributed by atoms with Crippen molar-refractivity contribution in [2.75, 3.05) is 11.4 Å². The van der Waals surface area contributed by atoms with E-state index in [0.29, 0.717) is 35.5 Å². The number of rotatable bonds is 3. The molecule has 5 rings (SSSR count). The second kappa shape index (κ2) is 8.85. The molecule has 5 nitrogen and oxygen atoms in total. The summed E-state index contributed by atoms with van der Waals surface area (Å²) in [5.41, 5.74) is 0.304. The number of hydrogen-bond acceptors (Lipinski definition) is 4. The van der Waals surface area contributed by atoms with Crippen LogP contribution in [0.25, 0.3) is 11.3 Å². The summed E-state index contributed by atoms with van der Waals surface area (Å²) >= 11 is 0. The molecule has 3 heterocycles. The lowest BCUT2D eigenvalue weighted by molar-refractivity contribution is -0.141. The zero-order chi connectivity index (χ0) is 26.7. The van der Waals surface area contributed by atoms with Gasteiger partial charge in [-0.15, -0.1) is 0 Å². The Labute approximate surface area is 210 Å². The number of carbonyl (C=O) groups is 1. The van der Waals surface area contributed by atoms with Gasteiger partial charge in [0, 0.05) is 25.2 Å². The van der Waals surface area contributed by atoms with Gasteiger partial charge in [0.15, 0.2) is 0 Å². The molecule has 1 fully saturated rings. The Bertz CT molecular complexity index is 1350. The molecule has 0 atom stereocenters. The number of anilines is 1. The highest BCUT2D eigenvalue weighted by molar-refractivity contribution is 5.81. The fraction of sp³-hybridized carbons (Fsp3) is 0.407. The Morgan fingerprint density at radius 3 is 2.35 bits per heavy atom. The van der Waals surface area contributed by atoms with Crippen LogP contribution >= 0.6 is 0 Å². The minimum absolute atomic E-state index is 0.0321. The molecule has 2 aromatic heterocycles. The highest BCUT2D eigenvalue weighted by Gasteiger charge is 2.37. The van der Waals surface area contributed by atoms with Crippen molar-refractivity contribution in [3.8, 4) is 11.3 Å². The molecule has 2 aliphatic rings. The van der Waals surface area contributed by atoms with Crippen LogP contribution in [0.3, 0.4) is 0 Å². The first-order valence-corrected chi connectivity index (χ1v) is 12.1. The Kier molecular flexibility index (Phi) is 6.03. The summed E-state index contributed by atoms with van der Waals surface area (Å²) in [5.74, 6) is -1.60. The number of carbonyl (C=O) groups excluding carboxylic acids is 1. The number of alkyl halides is 3. The van der Waals surface area contributed by atoms with Crippen molar-refractivity contribution in [3.05, 3.63) is 70.7 Å². The van der Waals surface area contributed by atoms with Crippen LogP contribution in [0.2, 0.25) is 0 Å². The maximum absolute atomic E-state index is 14.8. The average molecular weight is 520 g/mol. The molecule has 0 saturated heterocycles. The lowest BCUT2D eigenvalue weighted by atomic mass is 10.0. The molecule has 0 radical (unpaired) electrons. The van der Waals surface area contributed by atoms with Crippen LogP contribution in [0.5, 0.6) is 0 Å². The van der Waals surface area contributed by atoms with E-state index in [0.717, 1.165) is 31.0 Å². The summed E-state index contributed by atoms with van der Waals surface area (Å²) < 4.78 is 76.3. The number of hydrogen-bond donors (Lipinski definition) is 0. The Hall–Kier alpha value is -3.43.